The van der Waals surface area contributed by atoms with E-state index in [4.69, 9.17) is 16.3 Å². The maximum Gasteiger partial charge on any atom is 0.224 e. The van der Waals surface area contributed by atoms with Gasteiger partial charge in [0.15, 0.2) is 5.43 Å². The number of aryl methyl sites for hydroxylation is 1. The van der Waals surface area contributed by atoms with Gasteiger partial charge in [0.2, 0.25) is 5.91 Å². The number of aromatic nitrogens is 1. The Morgan fingerprint density at radius 2 is 1.63 bits per heavy atom. The Hall–Kier alpha value is -3.31. The molecule has 0 aliphatic heterocycles. The number of carbonyl (C=O) groups excluding carboxylic acids is 1. The third-order valence-corrected chi connectivity index (χ3v) is 5.40. The zero-order chi connectivity index (χ0) is 21.1. The van der Waals surface area contributed by atoms with Crippen molar-refractivity contribution in [1.82, 2.24) is 4.57 Å². The third-order valence-electron chi connectivity index (χ3n) is 5.10. The molecule has 4 aromatic rings. The molecule has 0 saturated carbocycles. The van der Waals surface area contributed by atoms with Crippen LogP contribution in [0.4, 0.5) is 5.69 Å². The van der Waals surface area contributed by atoms with Gasteiger partial charge in [0.1, 0.15) is 5.75 Å². The molecule has 1 amide bonds. The summed E-state index contributed by atoms with van der Waals surface area (Å²) >= 11 is 6.12. The molecule has 0 atom stereocenters. The fourth-order valence-corrected chi connectivity index (χ4v) is 3.94. The second-order valence-corrected chi connectivity index (χ2v) is 7.42. The van der Waals surface area contributed by atoms with Crippen molar-refractivity contribution in [3.63, 3.8) is 0 Å². The van der Waals surface area contributed by atoms with E-state index in [0.717, 1.165) is 11.0 Å². The van der Waals surface area contributed by atoms with Gasteiger partial charge in [-0.05, 0) is 48.9 Å². The van der Waals surface area contributed by atoms with Crippen molar-refractivity contribution in [2.24, 2.45) is 0 Å². The van der Waals surface area contributed by atoms with Gasteiger partial charge in [0.05, 0.1) is 23.2 Å². The number of nitrogens with zero attached hydrogens (tertiary/aromatic N) is 1. The molecule has 0 fully saturated rings. The van der Waals surface area contributed by atoms with Gasteiger partial charge >= 0.3 is 0 Å². The minimum absolute atomic E-state index is 0.0339. The summed E-state index contributed by atoms with van der Waals surface area (Å²) < 4.78 is 7.24. The van der Waals surface area contributed by atoms with E-state index in [1.807, 2.05) is 48.5 Å². The molecule has 1 heterocycles. The minimum Gasteiger partial charge on any atom is -0.495 e. The molecule has 0 saturated heterocycles. The zero-order valence-electron chi connectivity index (χ0n) is 16.5. The van der Waals surface area contributed by atoms with Crippen molar-refractivity contribution in [3.05, 3.63) is 82.0 Å². The van der Waals surface area contributed by atoms with Gasteiger partial charge in [-0.25, -0.2) is 0 Å². The lowest BCUT2D eigenvalue weighted by molar-refractivity contribution is -0.116. The first-order chi connectivity index (χ1) is 14.6. The van der Waals surface area contributed by atoms with Crippen molar-refractivity contribution in [3.8, 4) is 5.75 Å². The molecule has 0 bridgehead atoms. The van der Waals surface area contributed by atoms with Crippen LogP contribution in [0.5, 0.6) is 5.75 Å². The molecule has 1 N–H and O–H groups in total. The van der Waals surface area contributed by atoms with Gasteiger partial charge in [-0.15, -0.1) is 0 Å². The summed E-state index contributed by atoms with van der Waals surface area (Å²) in [4.78, 5) is 25.2. The van der Waals surface area contributed by atoms with E-state index >= 15 is 0 Å². The van der Waals surface area contributed by atoms with Crippen molar-refractivity contribution in [1.29, 1.82) is 0 Å². The Morgan fingerprint density at radius 3 is 2.23 bits per heavy atom. The summed E-state index contributed by atoms with van der Waals surface area (Å²) in [6.45, 7) is 0.623. The lowest BCUT2D eigenvalue weighted by Gasteiger charge is -2.15. The summed E-state index contributed by atoms with van der Waals surface area (Å²) in [5.74, 6) is 0.470. The van der Waals surface area contributed by atoms with E-state index in [-0.39, 0.29) is 11.3 Å². The van der Waals surface area contributed by atoms with Crippen LogP contribution in [0.2, 0.25) is 5.02 Å². The molecule has 152 valence electrons. The highest BCUT2D eigenvalue weighted by Gasteiger charge is 2.11. The smallest absolute Gasteiger partial charge is 0.224 e. The number of rotatable bonds is 6. The van der Waals surface area contributed by atoms with E-state index in [1.54, 1.807) is 25.3 Å². The fourth-order valence-electron chi connectivity index (χ4n) is 3.68. The van der Waals surface area contributed by atoms with Crippen LogP contribution >= 0.6 is 11.6 Å². The van der Waals surface area contributed by atoms with Crippen LogP contribution in [0.3, 0.4) is 0 Å². The summed E-state index contributed by atoms with van der Waals surface area (Å²) in [7, 11) is 1.55. The second kappa shape index (κ2) is 8.59. The Balaban J connectivity index is 1.52. The fraction of sp³-hybridized carbons (Fsp3) is 0.167. The lowest BCUT2D eigenvalue weighted by Crippen LogP contribution is -2.14. The molecule has 0 aliphatic carbocycles. The quantitative estimate of drug-likeness (QED) is 0.434. The van der Waals surface area contributed by atoms with Crippen molar-refractivity contribution >= 4 is 45.0 Å². The number of hydrogen-bond donors (Lipinski definition) is 1. The monoisotopic (exact) mass is 420 g/mol. The van der Waals surface area contributed by atoms with E-state index in [0.29, 0.717) is 46.6 Å². The van der Waals surface area contributed by atoms with Crippen LogP contribution in [0.1, 0.15) is 12.8 Å². The minimum atomic E-state index is -0.0918. The molecule has 4 rings (SSSR count). The highest BCUT2D eigenvalue weighted by molar-refractivity contribution is 6.32. The van der Waals surface area contributed by atoms with Crippen LogP contribution in [0, 0.1) is 0 Å². The number of para-hydroxylation sites is 2. The first-order valence-electron chi connectivity index (χ1n) is 9.72. The number of hydrogen-bond acceptors (Lipinski definition) is 3. The van der Waals surface area contributed by atoms with Crippen LogP contribution < -0.4 is 15.5 Å². The van der Waals surface area contributed by atoms with Crippen LogP contribution in [-0.2, 0) is 11.3 Å². The standard InChI is InChI=1S/C24H21ClN2O3/c1-30-22-13-12-16(15-19(22)25)26-23(28)11-6-14-27-20-9-4-2-7-17(20)24(29)18-8-3-5-10-21(18)27/h2-5,7-10,12-13,15H,6,11,14H2,1H3,(H,26,28). The molecule has 0 unspecified atom stereocenters. The average Bonchev–Trinajstić information content (AvgIpc) is 2.76. The number of benzene rings is 3. The molecule has 30 heavy (non-hydrogen) atoms. The summed E-state index contributed by atoms with van der Waals surface area (Å²) in [6, 6.07) is 20.3. The predicted octanol–water partition coefficient (Wildman–Crippen LogP) is 5.24. The number of ether oxygens (including phenoxy) is 1. The molecule has 0 spiro atoms. The zero-order valence-corrected chi connectivity index (χ0v) is 17.3. The van der Waals surface area contributed by atoms with E-state index in [2.05, 4.69) is 9.88 Å². The van der Waals surface area contributed by atoms with Crippen LogP contribution in [0.25, 0.3) is 21.8 Å². The summed E-state index contributed by atoms with van der Waals surface area (Å²) in [5, 5.41) is 4.69. The normalized spacial score (nSPS) is 11.0. The number of nitrogens with one attached hydrogen (secondary N) is 1. The number of anilines is 1. The van der Waals surface area contributed by atoms with Gasteiger partial charge in [-0.1, -0.05) is 35.9 Å². The van der Waals surface area contributed by atoms with E-state index in [1.165, 1.54) is 0 Å². The van der Waals surface area contributed by atoms with Crippen molar-refractivity contribution in [2.45, 2.75) is 19.4 Å². The lowest BCUT2D eigenvalue weighted by atomic mass is 10.1. The molecule has 6 heteroatoms. The first-order valence-corrected chi connectivity index (χ1v) is 10.1. The molecule has 1 aromatic heterocycles. The SMILES string of the molecule is COc1ccc(NC(=O)CCCn2c3ccccc3c(=O)c3ccccc32)cc1Cl. The van der Waals surface area contributed by atoms with Crippen molar-refractivity contribution < 1.29 is 9.53 Å². The Bertz CT molecular complexity index is 1240. The largest absolute Gasteiger partial charge is 0.495 e. The van der Waals surface area contributed by atoms with Gasteiger partial charge in [0.25, 0.3) is 0 Å². The highest BCUT2D eigenvalue weighted by Crippen LogP contribution is 2.27. The molecular weight excluding hydrogens is 400 g/mol. The van der Waals surface area contributed by atoms with Gasteiger partial charge in [-0.3, -0.25) is 9.59 Å². The Kier molecular flexibility index (Phi) is 5.72. The molecule has 5 nitrogen and oxygen atoms in total. The van der Waals surface area contributed by atoms with Gasteiger partial charge in [-0.2, -0.15) is 0 Å². The van der Waals surface area contributed by atoms with Crippen LogP contribution in [-0.4, -0.2) is 17.6 Å². The molecule has 0 radical (unpaired) electrons. The topological polar surface area (TPSA) is 60.3 Å². The summed E-state index contributed by atoms with van der Waals surface area (Å²) in [6.07, 6.45) is 0.977. The van der Waals surface area contributed by atoms with Gasteiger partial charge < -0.3 is 14.6 Å². The Labute approximate surface area is 178 Å². The number of carbonyl (C=O) groups is 1. The van der Waals surface area contributed by atoms with Crippen molar-refractivity contribution in [2.75, 3.05) is 12.4 Å². The Morgan fingerprint density at radius 1 is 1.00 bits per heavy atom. The molecule has 0 aliphatic rings. The van der Waals surface area contributed by atoms with E-state index in [9.17, 15) is 9.59 Å². The van der Waals surface area contributed by atoms with Crippen LogP contribution in [0.15, 0.2) is 71.5 Å². The average molecular weight is 421 g/mol. The maximum absolute atomic E-state index is 12.8. The number of pyridine rings is 1. The third kappa shape index (κ3) is 3.89. The first kappa shape index (κ1) is 20.0. The number of methoxy groups -OCH3 is 1. The number of halogens is 1. The second-order valence-electron chi connectivity index (χ2n) is 7.02. The number of fused-ring (bicyclic) bond motifs is 2. The number of amides is 1. The molecular formula is C24H21ClN2O3. The van der Waals surface area contributed by atoms with Gasteiger partial charge in [0, 0.05) is 29.4 Å². The summed E-state index contributed by atoms with van der Waals surface area (Å²) in [5.41, 5.74) is 2.42. The predicted molar refractivity (Wildman–Crippen MR) is 122 cm³/mol. The molecule has 3 aromatic carbocycles. The highest BCUT2D eigenvalue weighted by atomic mass is 35.5. The maximum atomic E-state index is 12.8. The van der Waals surface area contributed by atoms with E-state index < -0.39 is 0 Å².